The van der Waals surface area contributed by atoms with E-state index in [0.717, 1.165) is 17.8 Å². The molecule has 0 aliphatic heterocycles. The van der Waals surface area contributed by atoms with Gasteiger partial charge in [0.25, 0.3) is 0 Å². The molecular formula is C17H21FN2O. The summed E-state index contributed by atoms with van der Waals surface area (Å²) in [5.74, 6) is -0.215. The van der Waals surface area contributed by atoms with E-state index in [0.29, 0.717) is 18.8 Å². The molecule has 0 saturated heterocycles. The van der Waals surface area contributed by atoms with E-state index in [9.17, 15) is 4.39 Å². The monoisotopic (exact) mass is 288 g/mol. The third-order valence-electron chi connectivity index (χ3n) is 3.33. The molecule has 0 bridgehead atoms. The Kier molecular flexibility index (Phi) is 5.72. The van der Waals surface area contributed by atoms with Gasteiger partial charge in [0.05, 0.1) is 12.3 Å². The predicted molar refractivity (Wildman–Crippen MR) is 84.5 cm³/mol. The predicted octanol–water partition coefficient (Wildman–Crippen LogP) is 3.33. The van der Waals surface area contributed by atoms with Crippen molar-refractivity contribution in [3.63, 3.8) is 0 Å². The van der Waals surface area contributed by atoms with Crippen LogP contribution < -0.4 is 10.2 Å². The molecule has 0 saturated carbocycles. The molecule has 3 nitrogen and oxygen atoms in total. The lowest BCUT2D eigenvalue weighted by atomic mass is 10.1. The second kappa shape index (κ2) is 7.76. The summed E-state index contributed by atoms with van der Waals surface area (Å²) in [6.45, 7) is 2.04. The Bertz CT molecular complexity index is 560. The van der Waals surface area contributed by atoms with E-state index < -0.39 is 0 Å². The number of benzene rings is 2. The summed E-state index contributed by atoms with van der Waals surface area (Å²) in [5, 5.41) is 3.20. The largest absolute Gasteiger partial charge is 0.383 e. The summed E-state index contributed by atoms with van der Waals surface area (Å²) in [6, 6.07) is 15.1. The van der Waals surface area contributed by atoms with Crippen LogP contribution >= 0.6 is 0 Å². The number of halogens is 1. The van der Waals surface area contributed by atoms with Crippen LogP contribution in [0.4, 0.5) is 15.8 Å². The Hall–Kier alpha value is -1.91. The van der Waals surface area contributed by atoms with Gasteiger partial charge in [-0.25, -0.2) is 4.39 Å². The molecule has 0 spiro atoms. The van der Waals surface area contributed by atoms with E-state index in [1.165, 1.54) is 0 Å². The van der Waals surface area contributed by atoms with Crippen molar-refractivity contribution in [1.29, 1.82) is 0 Å². The normalized spacial score (nSPS) is 10.6. The van der Waals surface area contributed by atoms with Crippen LogP contribution in [-0.2, 0) is 11.3 Å². The number of anilines is 2. The maximum absolute atomic E-state index is 14.3. The molecular weight excluding hydrogens is 267 g/mol. The fourth-order valence-electron chi connectivity index (χ4n) is 2.13. The van der Waals surface area contributed by atoms with E-state index in [4.69, 9.17) is 4.74 Å². The number of nitrogens with zero attached hydrogens (tertiary/aromatic N) is 1. The number of nitrogens with one attached hydrogen (secondary N) is 1. The fraction of sp³-hybridized carbons (Fsp3) is 0.294. The Morgan fingerprint density at radius 1 is 1.14 bits per heavy atom. The number of hydrogen-bond donors (Lipinski definition) is 1. The van der Waals surface area contributed by atoms with Gasteiger partial charge in [0, 0.05) is 32.9 Å². The van der Waals surface area contributed by atoms with Crippen molar-refractivity contribution in [2.24, 2.45) is 0 Å². The maximum atomic E-state index is 14.3. The van der Waals surface area contributed by atoms with Crippen molar-refractivity contribution in [1.82, 2.24) is 5.32 Å². The van der Waals surface area contributed by atoms with Crippen LogP contribution in [0.1, 0.15) is 5.56 Å². The lowest BCUT2D eigenvalue weighted by Crippen LogP contribution is -2.19. The first-order valence-electron chi connectivity index (χ1n) is 6.99. The Morgan fingerprint density at radius 3 is 2.57 bits per heavy atom. The molecule has 0 aliphatic carbocycles. The minimum absolute atomic E-state index is 0.215. The van der Waals surface area contributed by atoms with E-state index in [1.54, 1.807) is 13.2 Å². The van der Waals surface area contributed by atoms with Gasteiger partial charge in [-0.05, 0) is 29.8 Å². The number of para-hydroxylation sites is 1. The highest BCUT2D eigenvalue weighted by Gasteiger charge is 2.09. The summed E-state index contributed by atoms with van der Waals surface area (Å²) in [7, 11) is 3.53. The smallest absolute Gasteiger partial charge is 0.147 e. The van der Waals surface area contributed by atoms with Crippen LogP contribution in [0.5, 0.6) is 0 Å². The average molecular weight is 288 g/mol. The highest BCUT2D eigenvalue weighted by atomic mass is 19.1. The lowest BCUT2D eigenvalue weighted by molar-refractivity contribution is 0.199. The van der Waals surface area contributed by atoms with E-state index >= 15 is 0 Å². The molecule has 21 heavy (non-hydrogen) atoms. The Balaban J connectivity index is 2.05. The van der Waals surface area contributed by atoms with Crippen molar-refractivity contribution < 1.29 is 9.13 Å². The summed E-state index contributed by atoms with van der Waals surface area (Å²) in [5.41, 5.74) is 2.46. The van der Waals surface area contributed by atoms with Crippen molar-refractivity contribution in [2.45, 2.75) is 6.54 Å². The van der Waals surface area contributed by atoms with Crippen LogP contribution in [0.3, 0.4) is 0 Å². The molecule has 1 N–H and O–H groups in total. The molecule has 2 aromatic carbocycles. The van der Waals surface area contributed by atoms with E-state index in [-0.39, 0.29) is 5.82 Å². The molecule has 0 amide bonds. The average Bonchev–Trinajstić information content (AvgIpc) is 2.52. The Morgan fingerprint density at radius 2 is 1.90 bits per heavy atom. The number of rotatable bonds is 7. The molecule has 0 radical (unpaired) electrons. The molecule has 0 aliphatic rings. The van der Waals surface area contributed by atoms with Gasteiger partial charge in [0.1, 0.15) is 5.82 Å². The quantitative estimate of drug-likeness (QED) is 0.791. The van der Waals surface area contributed by atoms with Gasteiger partial charge in [0.2, 0.25) is 0 Å². The van der Waals surface area contributed by atoms with E-state index in [2.05, 4.69) is 5.32 Å². The molecule has 0 heterocycles. The van der Waals surface area contributed by atoms with Gasteiger partial charge in [-0.3, -0.25) is 0 Å². The molecule has 112 valence electrons. The second-order valence-electron chi connectivity index (χ2n) is 4.85. The zero-order valence-electron chi connectivity index (χ0n) is 12.5. The van der Waals surface area contributed by atoms with Crippen LogP contribution in [0.15, 0.2) is 48.5 Å². The van der Waals surface area contributed by atoms with Crippen LogP contribution in [-0.4, -0.2) is 27.3 Å². The summed E-state index contributed by atoms with van der Waals surface area (Å²) >= 11 is 0. The van der Waals surface area contributed by atoms with Gasteiger partial charge >= 0.3 is 0 Å². The van der Waals surface area contributed by atoms with Crippen LogP contribution in [0.2, 0.25) is 0 Å². The number of hydrogen-bond acceptors (Lipinski definition) is 3. The van der Waals surface area contributed by atoms with Crippen molar-refractivity contribution in [3.05, 3.63) is 59.9 Å². The third-order valence-corrected chi connectivity index (χ3v) is 3.33. The minimum Gasteiger partial charge on any atom is -0.383 e. The van der Waals surface area contributed by atoms with Crippen molar-refractivity contribution in [2.75, 3.05) is 32.2 Å². The zero-order chi connectivity index (χ0) is 15.1. The van der Waals surface area contributed by atoms with Gasteiger partial charge in [0.15, 0.2) is 0 Å². The summed E-state index contributed by atoms with van der Waals surface area (Å²) in [6.07, 6.45) is 0. The Labute approximate surface area is 125 Å². The second-order valence-corrected chi connectivity index (χ2v) is 4.85. The maximum Gasteiger partial charge on any atom is 0.147 e. The highest BCUT2D eigenvalue weighted by Crippen LogP contribution is 2.26. The van der Waals surface area contributed by atoms with Crippen molar-refractivity contribution >= 4 is 11.4 Å². The molecule has 0 fully saturated rings. The van der Waals surface area contributed by atoms with E-state index in [1.807, 2.05) is 54.4 Å². The SMILES string of the molecule is COCCNCc1ccc(N(C)c2ccccc2)c(F)c1. The molecule has 0 atom stereocenters. The fourth-order valence-corrected chi connectivity index (χ4v) is 2.13. The van der Waals surface area contributed by atoms with Crippen LogP contribution in [0, 0.1) is 5.82 Å². The summed E-state index contributed by atoms with van der Waals surface area (Å²) in [4.78, 5) is 1.84. The molecule has 4 heteroatoms. The zero-order valence-corrected chi connectivity index (χ0v) is 12.5. The molecule has 2 rings (SSSR count). The lowest BCUT2D eigenvalue weighted by Gasteiger charge is -2.20. The summed E-state index contributed by atoms with van der Waals surface area (Å²) < 4.78 is 19.2. The third kappa shape index (κ3) is 4.28. The topological polar surface area (TPSA) is 24.5 Å². The van der Waals surface area contributed by atoms with Crippen molar-refractivity contribution in [3.8, 4) is 0 Å². The van der Waals surface area contributed by atoms with Crippen LogP contribution in [0.25, 0.3) is 0 Å². The van der Waals surface area contributed by atoms with Gasteiger partial charge < -0.3 is 15.0 Å². The standard InChI is InChI=1S/C17H21FN2O/c1-20(15-6-4-3-5-7-15)17-9-8-14(12-16(17)18)13-19-10-11-21-2/h3-9,12,19H,10-11,13H2,1-2H3. The minimum atomic E-state index is -0.215. The molecule has 0 unspecified atom stereocenters. The molecule has 2 aromatic rings. The first kappa shape index (κ1) is 15.5. The first-order chi connectivity index (χ1) is 10.2. The highest BCUT2D eigenvalue weighted by molar-refractivity contribution is 5.63. The van der Waals surface area contributed by atoms with Gasteiger partial charge in [-0.1, -0.05) is 24.3 Å². The van der Waals surface area contributed by atoms with Gasteiger partial charge in [-0.2, -0.15) is 0 Å². The number of ether oxygens (including phenoxy) is 1. The number of methoxy groups -OCH3 is 1. The first-order valence-corrected chi connectivity index (χ1v) is 6.99. The molecule has 0 aromatic heterocycles. The van der Waals surface area contributed by atoms with Gasteiger partial charge in [-0.15, -0.1) is 0 Å².